The third kappa shape index (κ3) is 3.08. The van der Waals surface area contributed by atoms with Gasteiger partial charge >= 0.3 is 0 Å². The van der Waals surface area contributed by atoms with Crippen LogP contribution in [0.5, 0.6) is 0 Å². The number of morpholine rings is 1. The van der Waals surface area contributed by atoms with Crippen molar-refractivity contribution in [2.45, 2.75) is 0 Å². The molecule has 118 valence electrons. The fourth-order valence-corrected chi connectivity index (χ4v) is 4.06. The van der Waals surface area contributed by atoms with E-state index in [0.29, 0.717) is 10.0 Å². The molecular weight excluding hydrogens is 330 g/mol. The normalized spacial score (nSPS) is 15.0. The molecule has 2 aromatic heterocycles. The molecule has 0 spiro atoms. The molecule has 1 saturated heterocycles. The number of rotatable bonds is 3. The molecule has 4 rings (SSSR count). The van der Waals surface area contributed by atoms with Gasteiger partial charge in [-0.15, -0.1) is 11.3 Å². The number of thiazole rings is 1. The van der Waals surface area contributed by atoms with Gasteiger partial charge in [0.2, 0.25) is 0 Å². The molecular formula is C16H15N3O2S2. The number of nitrogens with zero attached hydrogens (tertiary/aromatic N) is 2. The van der Waals surface area contributed by atoms with Gasteiger partial charge in [0.05, 0.1) is 28.3 Å². The number of anilines is 2. The van der Waals surface area contributed by atoms with Gasteiger partial charge in [-0.1, -0.05) is 17.4 Å². The third-order valence-corrected chi connectivity index (χ3v) is 5.52. The van der Waals surface area contributed by atoms with E-state index in [1.807, 2.05) is 23.6 Å². The minimum atomic E-state index is -0.104. The molecule has 5 nitrogen and oxygen atoms in total. The van der Waals surface area contributed by atoms with E-state index in [0.717, 1.165) is 36.5 Å². The summed E-state index contributed by atoms with van der Waals surface area (Å²) in [6.07, 6.45) is 0. The first-order valence-corrected chi connectivity index (χ1v) is 9.07. The van der Waals surface area contributed by atoms with E-state index in [-0.39, 0.29) is 5.91 Å². The van der Waals surface area contributed by atoms with Crippen molar-refractivity contribution in [3.63, 3.8) is 0 Å². The van der Waals surface area contributed by atoms with Crippen molar-refractivity contribution in [1.29, 1.82) is 0 Å². The summed E-state index contributed by atoms with van der Waals surface area (Å²) >= 11 is 2.93. The molecule has 0 saturated carbocycles. The zero-order valence-corrected chi connectivity index (χ0v) is 14.0. The molecule has 1 N–H and O–H groups in total. The fraction of sp³-hybridized carbons (Fsp3) is 0.250. The number of fused-ring (bicyclic) bond motifs is 1. The van der Waals surface area contributed by atoms with Gasteiger partial charge in [0.15, 0.2) is 5.13 Å². The summed E-state index contributed by atoms with van der Waals surface area (Å²) in [5, 5.41) is 5.41. The van der Waals surface area contributed by atoms with Crippen LogP contribution in [0.2, 0.25) is 0 Å². The summed E-state index contributed by atoms with van der Waals surface area (Å²) in [5.74, 6) is -0.104. The van der Waals surface area contributed by atoms with Crippen LogP contribution in [0.25, 0.3) is 10.2 Å². The van der Waals surface area contributed by atoms with Gasteiger partial charge in [-0.3, -0.25) is 10.1 Å². The number of carbonyl (C=O) groups is 1. The Morgan fingerprint density at radius 3 is 2.91 bits per heavy atom. The van der Waals surface area contributed by atoms with Crippen molar-refractivity contribution in [1.82, 2.24) is 4.98 Å². The highest BCUT2D eigenvalue weighted by molar-refractivity contribution is 7.22. The highest BCUT2D eigenvalue weighted by Crippen LogP contribution is 2.30. The molecule has 1 aliphatic rings. The number of carbonyl (C=O) groups excluding carboxylic acids is 1. The minimum Gasteiger partial charge on any atom is -0.378 e. The van der Waals surface area contributed by atoms with Crippen LogP contribution in [-0.4, -0.2) is 37.2 Å². The van der Waals surface area contributed by atoms with E-state index in [9.17, 15) is 4.79 Å². The Labute approximate surface area is 141 Å². The van der Waals surface area contributed by atoms with Crippen LogP contribution in [0.15, 0.2) is 35.7 Å². The van der Waals surface area contributed by atoms with Crippen LogP contribution in [0.4, 0.5) is 10.8 Å². The van der Waals surface area contributed by atoms with Crippen molar-refractivity contribution in [2.75, 3.05) is 36.5 Å². The SMILES string of the molecule is O=C(Nc1nc2ccc(N3CCOCC3)cc2s1)c1cccs1. The topological polar surface area (TPSA) is 54.5 Å². The van der Waals surface area contributed by atoms with Crippen molar-refractivity contribution in [3.8, 4) is 0 Å². The number of benzene rings is 1. The Kier molecular flexibility index (Phi) is 3.99. The number of aromatic nitrogens is 1. The Bertz CT molecular complexity index is 823. The van der Waals surface area contributed by atoms with Gasteiger partial charge in [0, 0.05) is 18.8 Å². The number of hydrogen-bond donors (Lipinski definition) is 1. The van der Waals surface area contributed by atoms with Crippen molar-refractivity contribution < 1.29 is 9.53 Å². The zero-order chi connectivity index (χ0) is 15.6. The molecule has 23 heavy (non-hydrogen) atoms. The second-order valence-corrected chi connectivity index (χ2v) is 7.18. The van der Waals surface area contributed by atoms with Crippen molar-refractivity contribution in [2.24, 2.45) is 0 Å². The second kappa shape index (κ2) is 6.27. The highest BCUT2D eigenvalue weighted by atomic mass is 32.1. The van der Waals surface area contributed by atoms with Crippen LogP contribution in [0.3, 0.4) is 0 Å². The number of nitrogens with one attached hydrogen (secondary N) is 1. The lowest BCUT2D eigenvalue weighted by Gasteiger charge is -2.28. The molecule has 0 bridgehead atoms. The second-order valence-electron chi connectivity index (χ2n) is 5.20. The Balaban J connectivity index is 1.56. The summed E-state index contributed by atoms with van der Waals surface area (Å²) in [6, 6.07) is 9.91. The lowest BCUT2D eigenvalue weighted by atomic mass is 10.2. The molecule has 7 heteroatoms. The maximum atomic E-state index is 12.1. The predicted molar refractivity (Wildman–Crippen MR) is 94.9 cm³/mol. The van der Waals surface area contributed by atoms with Gasteiger partial charge in [0.1, 0.15) is 0 Å². The Morgan fingerprint density at radius 1 is 1.26 bits per heavy atom. The minimum absolute atomic E-state index is 0.104. The highest BCUT2D eigenvalue weighted by Gasteiger charge is 2.14. The molecule has 1 aromatic carbocycles. The average Bonchev–Trinajstić information content (AvgIpc) is 3.24. The molecule has 0 aliphatic carbocycles. The smallest absolute Gasteiger partial charge is 0.267 e. The molecule has 0 atom stereocenters. The van der Waals surface area contributed by atoms with E-state index >= 15 is 0 Å². The van der Waals surface area contributed by atoms with E-state index < -0.39 is 0 Å². The maximum Gasteiger partial charge on any atom is 0.267 e. The molecule has 1 amide bonds. The Hall–Kier alpha value is -1.96. The maximum absolute atomic E-state index is 12.1. The van der Waals surface area contributed by atoms with Crippen LogP contribution < -0.4 is 10.2 Å². The van der Waals surface area contributed by atoms with E-state index in [2.05, 4.69) is 27.3 Å². The van der Waals surface area contributed by atoms with Crippen LogP contribution in [0.1, 0.15) is 9.67 Å². The molecule has 1 aliphatic heterocycles. The monoisotopic (exact) mass is 345 g/mol. The standard InChI is InChI=1S/C16H15N3O2S2/c20-15(13-2-1-9-22-13)18-16-17-12-4-3-11(10-14(12)23-16)19-5-7-21-8-6-19/h1-4,9-10H,5-8H2,(H,17,18,20). The van der Waals surface area contributed by atoms with Gasteiger partial charge < -0.3 is 9.64 Å². The summed E-state index contributed by atoms with van der Waals surface area (Å²) in [5.41, 5.74) is 2.09. The first-order chi connectivity index (χ1) is 11.3. The van der Waals surface area contributed by atoms with Gasteiger partial charge in [-0.05, 0) is 29.6 Å². The fourth-order valence-electron chi connectivity index (χ4n) is 2.55. The largest absolute Gasteiger partial charge is 0.378 e. The zero-order valence-electron chi connectivity index (χ0n) is 12.3. The summed E-state index contributed by atoms with van der Waals surface area (Å²) < 4.78 is 6.47. The van der Waals surface area contributed by atoms with E-state index in [4.69, 9.17) is 4.74 Å². The molecule has 0 radical (unpaired) electrons. The first kappa shape index (κ1) is 14.6. The van der Waals surface area contributed by atoms with E-state index in [1.165, 1.54) is 28.4 Å². The van der Waals surface area contributed by atoms with Crippen LogP contribution >= 0.6 is 22.7 Å². The van der Waals surface area contributed by atoms with Crippen LogP contribution in [-0.2, 0) is 4.74 Å². The van der Waals surface area contributed by atoms with Gasteiger partial charge in [-0.2, -0.15) is 0 Å². The molecule has 3 heterocycles. The van der Waals surface area contributed by atoms with Crippen molar-refractivity contribution in [3.05, 3.63) is 40.6 Å². The summed E-state index contributed by atoms with van der Waals surface area (Å²) in [7, 11) is 0. The summed E-state index contributed by atoms with van der Waals surface area (Å²) in [4.78, 5) is 19.6. The van der Waals surface area contributed by atoms with Crippen LogP contribution in [0, 0.1) is 0 Å². The Morgan fingerprint density at radius 2 is 2.13 bits per heavy atom. The van der Waals surface area contributed by atoms with Gasteiger partial charge in [-0.25, -0.2) is 4.98 Å². The number of hydrogen-bond acceptors (Lipinski definition) is 6. The molecule has 3 aromatic rings. The molecule has 0 unspecified atom stereocenters. The lowest BCUT2D eigenvalue weighted by Crippen LogP contribution is -2.36. The average molecular weight is 345 g/mol. The quantitative estimate of drug-likeness (QED) is 0.790. The lowest BCUT2D eigenvalue weighted by molar-refractivity contribution is 0.103. The number of ether oxygens (including phenoxy) is 1. The molecule has 1 fully saturated rings. The number of thiophene rings is 1. The summed E-state index contributed by atoms with van der Waals surface area (Å²) in [6.45, 7) is 3.35. The first-order valence-electron chi connectivity index (χ1n) is 7.38. The predicted octanol–water partition coefficient (Wildman–Crippen LogP) is 3.45. The third-order valence-electron chi connectivity index (χ3n) is 3.71. The van der Waals surface area contributed by atoms with Gasteiger partial charge in [0.25, 0.3) is 5.91 Å². The van der Waals surface area contributed by atoms with E-state index in [1.54, 1.807) is 0 Å². The van der Waals surface area contributed by atoms with Crippen molar-refractivity contribution >= 4 is 49.6 Å². The number of amides is 1.